The Hall–Kier alpha value is -2.03. The fraction of sp³-hybridized carbons (Fsp3) is 0.450. The number of likely N-dealkylation sites (tertiary alicyclic amines) is 1. The zero-order valence-corrected chi connectivity index (χ0v) is 14.3. The van der Waals surface area contributed by atoms with Gasteiger partial charge in [0, 0.05) is 36.9 Å². The molecule has 3 nitrogen and oxygen atoms in total. The molecule has 1 aromatic carbocycles. The zero-order chi connectivity index (χ0) is 16.4. The summed E-state index contributed by atoms with van der Waals surface area (Å²) in [5, 5.41) is 0. The summed E-state index contributed by atoms with van der Waals surface area (Å²) < 4.78 is 2.11. The molecule has 3 rings (SSSR count). The second-order valence-electron chi connectivity index (χ2n) is 7.48. The van der Waals surface area contributed by atoms with Crippen molar-refractivity contribution in [3.8, 4) is 0 Å². The molecule has 1 saturated heterocycles. The zero-order valence-electron chi connectivity index (χ0n) is 14.3. The van der Waals surface area contributed by atoms with E-state index in [0.29, 0.717) is 5.92 Å². The van der Waals surface area contributed by atoms with Crippen molar-refractivity contribution < 1.29 is 4.79 Å². The average molecular weight is 310 g/mol. The van der Waals surface area contributed by atoms with Crippen LogP contribution in [0.4, 0.5) is 0 Å². The third kappa shape index (κ3) is 3.49. The molecule has 0 bridgehead atoms. The van der Waals surface area contributed by atoms with E-state index in [9.17, 15) is 4.79 Å². The Morgan fingerprint density at radius 3 is 2.52 bits per heavy atom. The maximum absolute atomic E-state index is 12.8. The van der Waals surface area contributed by atoms with Gasteiger partial charge in [0.1, 0.15) is 0 Å². The highest BCUT2D eigenvalue weighted by atomic mass is 16.2. The molecule has 1 aliphatic rings. The second kappa shape index (κ2) is 6.23. The minimum atomic E-state index is 0.00695. The van der Waals surface area contributed by atoms with Crippen molar-refractivity contribution >= 4 is 5.91 Å². The highest BCUT2D eigenvalue weighted by molar-refractivity contribution is 5.94. The Bertz CT molecular complexity index is 666. The van der Waals surface area contributed by atoms with Crippen molar-refractivity contribution in [3.05, 3.63) is 59.9 Å². The van der Waals surface area contributed by atoms with Crippen molar-refractivity contribution in [2.24, 2.45) is 0 Å². The summed E-state index contributed by atoms with van der Waals surface area (Å²) in [6.45, 7) is 8.13. The van der Waals surface area contributed by atoms with Crippen LogP contribution in [0.5, 0.6) is 0 Å². The molecular weight excluding hydrogens is 284 g/mol. The van der Waals surface area contributed by atoms with Crippen molar-refractivity contribution in [2.75, 3.05) is 13.1 Å². The van der Waals surface area contributed by atoms with Crippen LogP contribution in [0.25, 0.3) is 0 Å². The molecule has 0 spiro atoms. The minimum Gasteiger partial charge on any atom is -0.348 e. The Labute approximate surface area is 138 Å². The number of carbonyl (C=O) groups excluding carboxylic acids is 1. The van der Waals surface area contributed by atoms with E-state index in [2.05, 4.69) is 49.6 Å². The molecule has 3 heteroatoms. The maximum Gasteiger partial charge on any atom is 0.255 e. The molecule has 2 aromatic rings. The Morgan fingerprint density at radius 2 is 1.87 bits per heavy atom. The van der Waals surface area contributed by atoms with Crippen LogP contribution in [0.15, 0.2) is 48.8 Å². The van der Waals surface area contributed by atoms with Crippen LogP contribution >= 0.6 is 0 Å². The summed E-state index contributed by atoms with van der Waals surface area (Å²) >= 11 is 0. The second-order valence-corrected chi connectivity index (χ2v) is 7.48. The normalized spacial score (nSPS) is 18.9. The topological polar surface area (TPSA) is 25.2 Å². The van der Waals surface area contributed by atoms with Crippen LogP contribution in [-0.4, -0.2) is 28.5 Å². The summed E-state index contributed by atoms with van der Waals surface area (Å²) in [5.74, 6) is 0.618. The highest BCUT2D eigenvalue weighted by Crippen LogP contribution is 2.28. The van der Waals surface area contributed by atoms with Crippen molar-refractivity contribution in [1.29, 1.82) is 0 Å². The van der Waals surface area contributed by atoms with Gasteiger partial charge in [0.05, 0.1) is 5.56 Å². The molecular formula is C20H26N2O. The fourth-order valence-electron chi connectivity index (χ4n) is 3.28. The lowest BCUT2D eigenvalue weighted by molar-refractivity contribution is 0.0707. The lowest BCUT2D eigenvalue weighted by atomic mass is 9.90. The number of amides is 1. The number of hydrogen-bond acceptors (Lipinski definition) is 1. The van der Waals surface area contributed by atoms with Gasteiger partial charge in [-0.05, 0) is 45.2 Å². The third-order valence-electron chi connectivity index (χ3n) is 4.69. The van der Waals surface area contributed by atoms with E-state index in [1.54, 1.807) is 0 Å². The van der Waals surface area contributed by atoms with Crippen LogP contribution < -0.4 is 0 Å². The van der Waals surface area contributed by atoms with E-state index >= 15 is 0 Å². The maximum atomic E-state index is 12.8. The standard InChI is InChI=1S/C20H26N2O/c1-20(2,3)22-13-11-18(15-22)19(23)21-12-7-10-17(14-21)16-8-5-4-6-9-16/h4-6,8-9,11,13,15,17H,7,10,12,14H2,1-3H3. The predicted octanol–water partition coefficient (Wildman–Crippen LogP) is 4.26. The van der Waals surface area contributed by atoms with Crippen molar-refractivity contribution in [1.82, 2.24) is 9.47 Å². The van der Waals surface area contributed by atoms with Crippen LogP contribution in [0, 0.1) is 0 Å². The van der Waals surface area contributed by atoms with E-state index in [1.807, 2.05) is 29.4 Å². The molecule has 2 heterocycles. The van der Waals surface area contributed by atoms with Gasteiger partial charge in [-0.25, -0.2) is 0 Å². The summed E-state index contributed by atoms with van der Waals surface area (Å²) in [6.07, 6.45) is 6.22. The molecule has 122 valence electrons. The van der Waals surface area contributed by atoms with Crippen molar-refractivity contribution in [2.45, 2.75) is 45.1 Å². The molecule has 1 fully saturated rings. The monoisotopic (exact) mass is 310 g/mol. The van der Waals surface area contributed by atoms with Gasteiger partial charge in [0.25, 0.3) is 5.91 Å². The Kier molecular flexibility index (Phi) is 4.29. The van der Waals surface area contributed by atoms with Gasteiger partial charge in [-0.1, -0.05) is 30.3 Å². The number of carbonyl (C=O) groups is 1. The molecule has 1 amide bonds. The molecule has 0 saturated carbocycles. The van der Waals surface area contributed by atoms with E-state index in [0.717, 1.165) is 31.5 Å². The van der Waals surface area contributed by atoms with Crippen molar-refractivity contribution in [3.63, 3.8) is 0 Å². The van der Waals surface area contributed by atoms with Gasteiger partial charge in [-0.15, -0.1) is 0 Å². The summed E-state index contributed by atoms with van der Waals surface area (Å²) in [4.78, 5) is 14.8. The van der Waals surface area contributed by atoms with Crippen LogP contribution in [0.2, 0.25) is 0 Å². The third-order valence-corrected chi connectivity index (χ3v) is 4.69. The smallest absolute Gasteiger partial charge is 0.255 e. The number of piperidine rings is 1. The summed E-state index contributed by atoms with van der Waals surface area (Å²) in [7, 11) is 0. The Morgan fingerprint density at radius 1 is 1.13 bits per heavy atom. The molecule has 0 aliphatic carbocycles. The number of rotatable bonds is 2. The number of hydrogen-bond donors (Lipinski definition) is 0. The molecule has 23 heavy (non-hydrogen) atoms. The molecule has 1 aliphatic heterocycles. The minimum absolute atomic E-state index is 0.00695. The first-order chi connectivity index (χ1) is 10.9. The summed E-state index contributed by atoms with van der Waals surface area (Å²) in [5.41, 5.74) is 2.15. The first-order valence-electron chi connectivity index (χ1n) is 8.48. The fourth-order valence-corrected chi connectivity index (χ4v) is 3.28. The average Bonchev–Trinajstić information content (AvgIpc) is 3.05. The molecule has 0 N–H and O–H groups in total. The first-order valence-corrected chi connectivity index (χ1v) is 8.48. The predicted molar refractivity (Wildman–Crippen MR) is 93.7 cm³/mol. The largest absolute Gasteiger partial charge is 0.348 e. The van der Waals surface area contributed by atoms with Gasteiger partial charge >= 0.3 is 0 Å². The lowest BCUT2D eigenvalue weighted by Crippen LogP contribution is -2.39. The van der Waals surface area contributed by atoms with E-state index in [1.165, 1.54) is 5.56 Å². The van der Waals surface area contributed by atoms with E-state index in [-0.39, 0.29) is 11.4 Å². The van der Waals surface area contributed by atoms with Gasteiger partial charge < -0.3 is 9.47 Å². The van der Waals surface area contributed by atoms with E-state index in [4.69, 9.17) is 0 Å². The van der Waals surface area contributed by atoms with Crippen LogP contribution in [0.1, 0.15) is 55.5 Å². The number of aromatic nitrogens is 1. The van der Waals surface area contributed by atoms with Crippen LogP contribution in [-0.2, 0) is 5.54 Å². The number of nitrogens with zero attached hydrogens (tertiary/aromatic N) is 2. The Balaban J connectivity index is 1.73. The molecule has 1 aromatic heterocycles. The number of benzene rings is 1. The molecule has 0 radical (unpaired) electrons. The van der Waals surface area contributed by atoms with Crippen LogP contribution in [0.3, 0.4) is 0 Å². The quantitative estimate of drug-likeness (QED) is 0.813. The van der Waals surface area contributed by atoms with Gasteiger partial charge in [-0.2, -0.15) is 0 Å². The lowest BCUT2D eigenvalue weighted by Gasteiger charge is -2.33. The first kappa shape index (κ1) is 15.9. The van der Waals surface area contributed by atoms with Gasteiger partial charge in [0.15, 0.2) is 0 Å². The van der Waals surface area contributed by atoms with Gasteiger partial charge in [-0.3, -0.25) is 4.79 Å². The molecule has 1 atom stereocenters. The SMILES string of the molecule is CC(C)(C)n1ccc(C(=O)N2CCCC(c3ccccc3)C2)c1. The van der Waals surface area contributed by atoms with Gasteiger partial charge in [0.2, 0.25) is 0 Å². The highest BCUT2D eigenvalue weighted by Gasteiger charge is 2.26. The molecule has 1 unspecified atom stereocenters. The summed E-state index contributed by atoms with van der Waals surface area (Å²) in [6, 6.07) is 12.5. The van der Waals surface area contributed by atoms with E-state index < -0.39 is 0 Å².